The number of halogens is 2. The van der Waals surface area contributed by atoms with Gasteiger partial charge in [0.05, 0.1) is 26.3 Å². The molecular weight excluding hydrogens is 936 g/mol. The number of piperidine rings is 2. The highest BCUT2D eigenvalue weighted by Gasteiger charge is 2.63. The van der Waals surface area contributed by atoms with Crippen LogP contribution in [0.3, 0.4) is 0 Å². The highest BCUT2D eigenvalue weighted by Crippen LogP contribution is 2.59. The van der Waals surface area contributed by atoms with Gasteiger partial charge in [0.25, 0.3) is 0 Å². The van der Waals surface area contributed by atoms with Crippen molar-refractivity contribution < 1.29 is 38.1 Å². The van der Waals surface area contributed by atoms with Gasteiger partial charge in [-0.1, -0.05) is 85.6 Å². The maximum absolute atomic E-state index is 14.5. The summed E-state index contributed by atoms with van der Waals surface area (Å²) in [6.45, 7) is 6.49. The summed E-state index contributed by atoms with van der Waals surface area (Å²) in [4.78, 5) is 74.5. The molecule has 3 aromatic carbocycles. The van der Waals surface area contributed by atoms with Crippen LogP contribution in [-0.2, 0) is 28.5 Å². The molecule has 70 heavy (non-hydrogen) atoms. The lowest BCUT2D eigenvalue weighted by Crippen LogP contribution is -2.54. The summed E-state index contributed by atoms with van der Waals surface area (Å²) >= 11 is 13.8. The average Bonchev–Trinajstić information content (AvgIpc) is 3.79. The van der Waals surface area contributed by atoms with Gasteiger partial charge in [-0.15, -0.1) is 0 Å². The second kappa shape index (κ2) is 18.8. The Balaban J connectivity index is 0.797. The van der Waals surface area contributed by atoms with E-state index in [9.17, 15) is 19.2 Å². The fourth-order valence-corrected chi connectivity index (χ4v) is 12.8. The van der Waals surface area contributed by atoms with Crippen LogP contribution in [-0.4, -0.2) is 119 Å². The molecule has 6 heterocycles. The Labute approximate surface area is 415 Å². The van der Waals surface area contributed by atoms with E-state index in [1.165, 1.54) is 14.2 Å². The zero-order chi connectivity index (χ0) is 48.5. The third-order valence-corrected chi connectivity index (χ3v) is 16.9. The van der Waals surface area contributed by atoms with E-state index < -0.39 is 24.3 Å². The van der Waals surface area contributed by atoms with Crippen molar-refractivity contribution in [2.24, 2.45) is 35.5 Å². The van der Waals surface area contributed by atoms with E-state index in [1.54, 1.807) is 0 Å². The lowest BCUT2D eigenvalue weighted by molar-refractivity contribution is -0.139. The first-order chi connectivity index (χ1) is 33.9. The number of methoxy groups -OCH3 is 2. The highest BCUT2D eigenvalue weighted by atomic mass is 35.5. The van der Waals surface area contributed by atoms with E-state index in [0.29, 0.717) is 109 Å². The summed E-state index contributed by atoms with van der Waals surface area (Å²) in [7, 11) is 2.62. The topological polar surface area (TPSA) is 193 Å². The molecule has 5 aromatic rings. The molecule has 0 bridgehead atoms. The molecule has 11 rings (SSSR count). The molecule has 368 valence electrons. The predicted molar refractivity (Wildman–Crippen MR) is 262 cm³/mol. The van der Waals surface area contributed by atoms with Crippen LogP contribution in [0, 0.1) is 35.5 Å². The Bertz CT molecular complexity index is 2820. The first kappa shape index (κ1) is 46.7. The number of H-pyrrole nitrogens is 2. The van der Waals surface area contributed by atoms with Crippen molar-refractivity contribution in [1.29, 1.82) is 0 Å². The standard InChI is InChI=1S/C52H58Cl2N8O8/c1-25-35-23-37(61(43(25)35)49(63)41(57-51(65)67-3)29-13-17-69-18-14-29)47-55-39(45(53)59-47)28-7-5-27(6-8-28)31-9-10-33-22-34(12-11-32(33)21-31)40-46(54)60-48(56-40)38-24-36-26(2)44(36)62(38)50(64)42(58-52(66)68-4)30-15-19-70-20-16-30/h5-12,21-22,25-26,29-30,35-38,41-44H,13-20,23-24H2,1-4H3,(H,55,59)(H,56,60)(H,57,65)(H,58,66)/t25-,26-,35+,36+,37+,38?,41+,42+,43-,44-/m1/s1. The smallest absolute Gasteiger partial charge is 0.407 e. The number of rotatable bonds is 11. The van der Waals surface area contributed by atoms with Gasteiger partial charge in [-0.25, -0.2) is 19.6 Å². The van der Waals surface area contributed by atoms with Gasteiger partial charge in [0.15, 0.2) is 0 Å². The first-order valence-electron chi connectivity index (χ1n) is 24.6. The van der Waals surface area contributed by atoms with E-state index >= 15 is 0 Å². The molecular formula is C52H58Cl2N8O8. The van der Waals surface area contributed by atoms with Crippen LogP contribution >= 0.6 is 23.2 Å². The summed E-state index contributed by atoms with van der Waals surface area (Å²) < 4.78 is 21.0. The monoisotopic (exact) mass is 992 g/mol. The molecule has 4 aliphatic heterocycles. The molecule has 10 atom stereocenters. The third-order valence-electron chi connectivity index (χ3n) is 16.4. The molecule has 4 saturated heterocycles. The molecule has 2 saturated carbocycles. The van der Waals surface area contributed by atoms with E-state index in [4.69, 9.17) is 52.1 Å². The number of carbonyl (C=O) groups excluding carboxylic acids is 4. The van der Waals surface area contributed by atoms with Gasteiger partial charge in [0.1, 0.15) is 45.4 Å². The minimum absolute atomic E-state index is 0.0654. The van der Waals surface area contributed by atoms with Gasteiger partial charge in [0.2, 0.25) is 11.8 Å². The predicted octanol–water partition coefficient (Wildman–Crippen LogP) is 8.71. The maximum atomic E-state index is 14.5. The van der Waals surface area contributed by atoms with Crippen molar-refractivity contribution in [2.45, 2.75) is 88.6 Å². The molecule has 0 spiro atoms. The van der Waals surface area contributed by atoms with Gasteiger partial charge in [0, 0.05) is 49.6 Å². The van der Waals surface area contributed by atoms with Gasteiger partial charge in [-0.05, 0) is 108 Å². The van der Waals surface area contributed by atoms with E-state index in [0.717, 1.165) is 45.9 Å². The number of likely N-dealkylation sites (tertiary alicyclic amines) is 2. The highest BCUT2D eigenvalue weighted by molar-refractivity contribution is 6.32. The van der Waals surface area contributed by atoms with Gasteiger partial charge >= 0.3 is 12.2 Å². The number of benzene rings is 3. The molecule has 18 heteroatoms. The Hall–Kier alpha value is -5.68. The zero-order valence-corrected chi connectivity index (χ0v) is 41.1. The van der Waals surface area contributed by atoms with Crippen molar-refractivity contribution in [3.8, 4) is 33.6 Å². The molecule has 16 nitrogen and oxygen atoms in total. The van der Waals surface area contributed by atoms with E-state index in [1.807, 2.05) is 28.0 Å². The van der Waals surface area contributed by atoms with Gasteiger partial charge < -0.3 is 49.3 Å². The third kappa shape index (κ3) is 8.47. The Kier molecular flexibility index (Phi) is 12.6. The summed E-state index contributed by atoms with van der Waals surface area (Å²) in [6, 6.07) is 18.7. The minimum Gasteiger partial charge on any atom is -0.453 e. The summed E-state index contributed by atoms with van der Waals surface area (Å²) in [5.41, 5.74) is 4.96. The van der Waals surface area contributed by atoms with Crippen LogP contribution in [0.25, 0.3) is 44.4 Å². The average molecular weight is 994 g/mol. The van der Waals surface area contributed by atoms with Gasteiger partial charge in [-0.2, -0.15) is 0 Å². The van der Waals surface area contributed by atoms with Crippen LogP contribution in [0.15, 0.2) is 60.7 Å². The number of fused-ring (bicyclic) bond motifs is 3. The summed E-state index contributed by atoms with van der Waals surface area (Å²) in [6.07, 6.45) is 2.95. The second-order valence-corrected chi connectivity index (χ2v) is 20.8. The number of ether oxygens (including phenoxy) is 4. The molecule has 4 N–H and O–H groups in total. The maximum Gasteiger partial charge on any atom is 0.407 e. The molecule has 4 amide bonds. The van der Waals surface area contributed by atoms with Crippen LogP contribution in [0.2, 0.25) is 10.3 Å². The minimum atomic E-state index is -0.731. The molecule has 0 radical (unpaired) electrons. The second-order valence-electron chi connectivity index (χ2n) is 20.1. The van der Waals surface area contributed by atoms with Crippen LogP contribution < -0.4 is 10.6 Å². The normalized spacial score (nSPS) is 27.1. The number of hydrogen-bond acceptors (Lipinski definition) is 10. The first-order valence-corrected chi connectivity index (χ1v) is 25.3. The molecule has 2 aliphatic carbocycles. The quantitative estimate of drug-likeness (QED) is 0.0995. The number of nitrogens with zero attached hydrogens (tertiary/aromatic N) is 4. The Morgan fingerprint density at radius 3 is 1.47 bits per heavy atom. The summed E-state index contributed by atoms with van der Waals surface area (Å²) in [5, 5.41) is 8.57. The van der Waals surface area contributed by atoms with Crippen molar-refractivity contribution in [3.63, 3.8) is 0 Å². The molecule has 6 fully saturated rings. The number of amides is 4. The lowest BCUT2D eigenvalue weighted by atomic mass is 9.90. The van der Waals surface area contributed by atoms with Crippen LogP contribution in [0.5, 0.6) is 0 Å². The number of imidazole rings is 2. The van der Waals surface area contributed by atoms with Crippen molar-refractivity contribution in [3.05, 3.63) is 82.6 Å². The lowest BCUT2D eigenvalue weighted by Gasteiger charge is -2.35. The fraction of sp³-hybridized carbons (Fsp3) is 0.500. The SMILES string of the molecule is COC(=O)N[C@H](C(=O)N1C(c2nc(-c3ccc4cc(-c5ccc(-c6nc([C@@H]7C[C@H]8[C@@H](C)[C@H]8N7C(=O)[C@@H](NC(=O)OC)C7CCOCC7)[nH]c6Cl)cc5)ccc4c3)c(Cl)[nH]2)C[C@H]2[C@@H](C)[C@H]21)C1CCOCC1. The van der Waals surface area contributed by atoms with Crippen LogP contribution in [0.1, 0.15) is 76.1 Å². The van der Waals surface area contributed by atoms with Crippen LogP contribution in [0.4, 0.5) is 9.59 Å². The zero-order valence-electron chi connectivity index (χ0n) is 39.6. The largest absolute Gasteiger partial charge is 0.453 e. The summed E-state index contributed by atoms with van der Waals surface area (Å²) in [5.74, 6) is 2.29. The molecule has 1 unspecified atom stereocenters. The number of carbonyl (C=O) groups is 4. The van der Waals surface area contributed by atoms with Crippen molar-refractivity contribution >= 4 is 58.0 Å². The number of aromatic amines is 2. The molecule has 6 aliphatic rings. The van der Waals surface area contributed by atoms with E-state index in [2.05, 4.69) is 76.9 Å². The number of alkyl carbamates (subject to hydrolysis) is 2. The van der Waals surface area contributed by atoms with Crippen molar-refractivity contribution in [2.75, 3.05) is 40.6 Å². The number of hydrogen-bond donors (Lipinski definition) is 4. The number of nitrogens with one attached hydrogen (secondary N) is 4. The Morgan fingerprint density at radius 1 is 0.614 bits per heavy atom. The Morgan fingerprint density at radius 2 is 1.01 bits per heavy atom. The molecule has 2 aromatic heterocycles. The van der Waals surface area contributed by atoms with Crippen molar-refractivity contribution in [1.82, 2.24) is 40.4 Å². The van der Waals surface area contributed by atoms with E-state index in [-0.39, 0.29) is 47.8 Å². The fourth-order valence-electron chi connectivity index (χ4n) is 12.3. The van der Waals surface area contributed by atoms with Gasteiger partial charge in [-0.3, -0.25) is 9.59 Å². The number of aromatic nitrogens is 4.